The van der Waals surface area contributed by atoms with Crippen LogP contribution >= 0.6 is 34.8 Å². The van der Waals surface area contributed by atoms with Crippen LogP contribution in [0.4, 0.5) is 16.2 Å². The molecule has 0 saturated carbocycles. The standard InChI is InChI=1S/C17H15Cl3N2O4/c1-22(17(24)25-2)11-5-3-10(4-6-11)21-16(23)9-26-15-8-13(19)12(18)7-14(15)20/h3-8H,9H2,1-2H3,(H,21,23). The average molecular weight is 418 g/mol. The van der Waals surface area contributed by atoms with Crippen molar-refractivity contribution in [3.8, 4) is 5.75 Å². The Morgan fingerprint density at radius 1 is 1.04 bits per heavy atom. The van der Waals surface area contributed by atoms with Crippen LogP contribution in [0.5, 0.6) is 5.75 Å². The van der Waals surface area contributed by atoms with Gasteiger partial charge in [-0.25, -0.2) is 4.79 Å². The maximum Gasteiger partial charge on any atom is 0.413 e. The molecule has 0 bridgehead atoms. The van der Waals surface area contributed by atoms with Crippen molar-refractivity contribution in [3.05, 3.63) is 51.5 Å². The molecule has 1 N–H and O–H groups in total. The topological polar surface area (TPSA) is 67.9 Å². The number of nitrogens with one attached hydrogen (secondary N) is 1. The van der Waals surface area contributed by atoms with Crippen molar-refractivity contribution in [3.63, 3.8) is 0 Å². The second kappa shape index (κ2) is 8.98. The summed E-state index contributed by atoms with van der Waals surface area (Å²) in [6.45, 7) is -0.262. The van der Waals surface area contributed by atoms with Gasteiger partial charge in [0.15, 0.2) is 6.61 Å². The Morgan fingerprint density at radius 3 is 2.27 bits per heavy atom. The van der Waals surface area contributed by atoms with Crippen molar-refractivity contribution in [2.75, 3.05) is 31.0 Å². The molecule has 2 rings (SSSR count). The van der Waals surface area contributed by atoms with Gasteiger partial charge in [0.05, 0.1) is 22.2 Å². The quantitative estimate of drug-likeness (QED) is 0.705. The normalized spacial score (nSPS) is 10.2. The molecule has 0 heterocycles. The van der Waals surface area contributed by atoms with E-state index in [2.05, 4.69) is 10.1 Å². The van der Waals surface area contributed by atoms with E-state index in [1.165, 1.54) is 24.1 Å². The molecule has 2 amide bonds. The Morgan fingerprint density at radius 2 is 1.65 bits per heavy atom. The lowest BCUT2D eigenvalue weighted by Gasteiger charge is -2.16. The predicted octanol–water partition coefficient (Wildman–Crippen LogP) is 4.87. The van der Waals surface area contributed by atoms with Crippen LogP contribution in [0.1, 0.15) is 0 Å². The van der Waals surface area contributed by atoms with E-state index in [1.807, 2.05) is 0 Å². The summed E-state index contributed by atoms with van der Waals surface area (Å²) in [6, 6.07) is 9.52. The molecule has 0 spiro atoms. The summed E-state index contributed by atoms with van der Waals surface area (Å²) < 4.78 is 9.99. The largest absolute Gasteiger partial charge is 0.482 e. The van der Waals surface area contributed by atoms with Crippen molar-refractivity contribution in [2.45, 2.75) is 0 Å². The number of anilines is 2. The number of rotatable bonds is 5. The summed E-state index contributed by atoms with van der Waals surface area (Å²) in [6.07, 6.45) is -0.492. The molecule has 0 aromatic heterocycles. The first-order chi connectivity index (χ1) is 12.3. The third-order valence-corrected chi connectivity index (χ3v) is 4.34. The number of hydrogen-bond acceptors (Lipinski definition) is 4. The zero-order chi connectivity index (χ0) is 19.3. The van der Waals surface area contributed by atoms with Crippen LogP contribution < -0.4 is 15.0 Å². The van der Waals surface area contributed by atoms with Crippen LogP contribution in [-0.2, 0) is 9.53 Å². The number of carbonyl (C=O) groups excluding carboxylic acids is 2. The van der Waals surface area contributed by atoms with Crippen molar-refractivity contribution < 1.29 is 19.1 Å². The maximum absolute atomic E-state index is 12.0. The van der Waals surface area contributed by atoms with E-state index in [4.69, 9.17) is 39.5 Å². The van der Waals surface area contributed by atoms with Gasteiger partial charge in [-0.2, -0.15) is 0 Å². The molecule has 2 aromatic rings. The zero-order valence-corrected chi connectivity index (χ0v) is 16.2. The van der Waals surface area contributed by atoms with Gasteiger partial charge in [0.1, 0.15) is 5.75 Å². The molecular formula is C17H15Cl3N2O4. The Hall–Kier alpha value is -2.15. The smallest absolute Gasteiger partial charge is 0.413 e. The minimum Gasteiger partial charge on any atom is -0.482 e. The Balaban J connectivity index is 1.94. The summed E-state index contributed by atoms with van der Waals surface area (Å²) in [5, 5.41) is 3.49. The molecular weight excluding hydrogens is 403 g/mol. The van der Waals surface area contributed by atoms with E-state index in [0.29, 0.717) is 16.4 Å². The molecule has 0 unspecified atom stereocenters. The third kappa shape index (κ3) is 5.17. The first-order valence-corrected chi connectivity index (χ1v) is 8.44. The summed E-state index contributed by atoms with van der Waals surface area (Å²) in [4.78, 5) is 24.8. The van der Waals surface area contributed by atoms with Crippen molar-refractivity contribution in [2.24, 2.45) is 0 Å². The lowest BCUT2D eigenvalue weighted by atomic mass is 10.2. The van der Waals surface area contributed by atoms with Gasteiger partial charge in [-0.3, -0.25) is 9.69 Å². The average Bonchev–Trinajstić information content (AvgIpc) is 2.63. The molecule has 0 aliphatic rings. The number of benzene rings is 2. The van der Waals surface area contributed by atoms with E-state index < -0.39 is 6.09 Å². The van der Waals surface area contributed by atoms with Crippen LogP contribution in [0, 0.1) is 0 Å². The Labute approximate surface area is 165 Å². The molecule has 6 nitrogen and oxygen atoms in total. The molecule has 138 valence electrons. The lowest BCUT2D eigenvalue weighted by molar-refractivity contribution is -0.118. The fourth-order valence-electron chi connectivity index (χ4n) is 1.97. The fourth-order valence-corrected chi connectivity index (χ4v) is 2.56. The first-order valence-electron chi connectivity index (χ1n) is 7.30. The van der Waals surface area contributed by atoms with Gasteiger partial charge in [-0.05, 0) is 30.3 Å². The number of hydrogen-bond donors (Lipinski definition) is 1. The van der Waals surface area contributed by atoms with Crippen LogP contribution in [0.2, 0.25) is 15.1 Å². The van der Waals surface area contributed by atoms with Gasteiger partial charge >= 0.3 is 6.09 Å². The number of nitrogens with zero attached hydrogens (tertiary/aromatic N) is 1. The summed E-state index contributed by atoms with van der Waals surface area (Å²) in [7, 11) is 2.88. The highest BCUT2D eigenvalue weighted by atomic mass is 35.5. The number of methoxy groups -OCH3 is 1. The van der Waals surface area contributed by atoms with Crippen LogP contribution in [0.25, 0.3) is 0 Å². The summed E-state index contributed by atoms with van der Waals surface area (Å²) in [5.74, 6) is -0.132. The van der Waals surface area contributed by atoms with Crippen molar-refractivity contribution in [1.29, 1.82) is 0 Å². The maximum atomic E-state index is 12.0. The Kier molecular flexibility index (Phi) is 6.97. The molecule has 9 heteroatoms. The van der Waals surface area contributed by atoms with E-state index in [1.54, 1.807) is 31.3 Å². The van der Waals surface area contributed by atoms with E-state index >= 15 is 0 Å². The van der Waals surface area contributed by atoms with Gasteiger partial charge in [-0.15, -0.1) is 0 Å². The second-order valence-corrected chi connectivity index (χ2v) is 6.33. The monoisotopic (exact) mass is 416 g/mol. The Bertz CT molecular complexity index is 812. The third-order valence-electron chi connectivity index (χ3n) is 3.32. The van der Waals surface area contributed by atoms with Crippen molar-refractivity contribution in [1.82, 2.24) is 0 Å². The van der Waals surface area contributed by atoms with Gasteiger partial charge < -0.3 is 14.8 Å². The van der Waals surface area contributed by atoms with Crippen LogP contribution in [0.15, 0.2) is 36.4 Å². The van der Waals surface area contributed by atoms with Crippen LogP contribution in [-0.4, -0.2) is 32.8 Å². The molecule has 0 aliphatic heterocycles. The molecule has 0 fully saturated rings. The number of halogens is 3. The van der Waals surface area contributed by atoms with E-state index in [-0.39, 0.29) is 28.3 Å². The minimum atomic E-state index is -0.492. The lowest BCUT2D eigenvalue weighted by Crippen LogP contribution is -2.25. The number of amides is 2. The summed E-state index contributed by atoms with van der Waals surface area (Å²) >= 11 is 17.7. The molecule has 2 aromatic carbocycles. The highest BCUT2D eigenvalue weighted by Gasteiger charge is 2.12. The van der Waals surface area contributed by atoms with Crippen LogP contribution in [0.3, 0.4) is 0 Å². The minimum absolute atomic E-state index is 0.252. The number of ether oxygens (including phenoxy) is 2. The van der Waals surface area contributed by atoms with E-state index in [0.717, 1.165) is 0 Å². The molecule has 0 atom stereocenters. The van der Waals surface area contributed by atoms with Gasteiger partial charge in [0, 0.05) is 24.5 Å². The molecule has 0 saturated heterocycles. The number of carbonyl (C=O) groups is 2. The highest BCUT2D eigenvalue weighted by Crippen LogP contribution is 2.33. The second-order valence-electron chi connectivity index (χ2n) is 5.11. The molecule has 0 radical (unpaired) electrons. The predicted molar refractivity (Wildman–Crippen MR) is 103 cm³/mol. The van der Waals surface area contributed by atoms with Gasteiger partial charge in [0.2, 0.25) is 0 Å². The van der Waals surface area contributed by atoms with Gasteiger partial charge in [-0.1, -0.05) is 34.8 Å². The fraction of sp³-hybridized carbons (Fsp3) is 0.176. The van der Waals surface area contributed by atoms with Gasteiger partial charge in [0.25, 0.3) is 5.91 Å². The van der Waals surface area contributed by atoms with E-state index in [9.17, 15) is 9.59 Å². The zero-order valence-electron chi connectivity index (χ0n) is 13.9. The molecule has 26 heavy (non-hydrogen) atoms. The van der Waals surface area contributed by atoms with Crippen molar-refractivity contribution >= 4 is 58.2 Å². The highest BCUT2D eigenvalue weighted by molar-refractivity contribution is 6.43. The molecule has 0 aliphatic carbocycles. The first kappa shape index (κ1) is 20.2. The SMILES string of the molecule is COC(=O)N(C)c1ccc(NC(=O)COc2cc(Cl)c(Cl)cc2Cl)cc1. The summed E-state index contributed by atoms with van der Waals surface area (Å²) in [5.41, 5.74) is 1.16.